The van der Waals surface area contributed by atoms with Gasteiger partial charge in [0.1, 0.15) is 5.75 Å². The number of aromatic nitrogens is 2. The topological polar surface area (TPSA) is 53.1 Å². The van der Waals surface area contributed by atoms with E-state index in [0.717, 1.165) is 30.7 Å². The molecule has 0 radical (unpaired) electrons. The van der Waals surface area contributed by atoms with E-state index < -0.39 is 0 Å². The maximum absolute atomic E-state index is 6.24. The smallest absolute Gasteiger partial charge is 0.165 e. The fraction of sp³-hybridized carbons (Fsp3) is 0.400. The number of nitrogens with two attached hydrogens (primary N) is 1. The molecule has 0 aliphatic heterocycles. The average molecular weight is 294 g/mol. The third-order valence-electron chi connectivity index (χ3n) is 2.86. The summed E-state index contributed by atoms with van der Waals surface area (Å²) in [5.41, 5.74) is 6.82. The van der Waals surface area contributed by atoms with Crippen molar-refractivity contribution in [2.45, 2.75) is 39.3 Å². The van der Waals surface area contributed by atoms with Gasteiger partial charge in [-0.15, -0.1) is 0 Å². The minimum atomic E-state index is 0.0894. The fourth-order valence-corrected chi connectivity index (χ4v) is 2.24. The van der Waals surface area contributed by atoms with E-state index in [1.165, 1.54) is 0 Å². The van der Waals surface area contributed by atoms with E-state index in [-0.39, 0.29) is 6.04 Å². The molecule has 0 fully saturated rings. The van der Waals surface area contributed by atoms with Crippen LogP contribution in [-0.2, 0) is 13.0 Å². The van der Waals surface area contributed by atoms with Crippen LogP contribution in [0.15, 0.2) is 30.6 Å². The molecule has 1 unspecified atom stereocenters. The van der Waals surface area contributed by atoms with Crippen LogP contribution in [0.3, 0.4) is 0 Å². The largest absolute Gasteiger partial charge is 0.454 e. The third-order valence-corrected chi connectivity index (χ3v) is 3.22. The lowest BCUT2D eigenvalue weighted by molar-refractivity contribution is 0.480. The molecule has 20 heavy (non-hydrogen) atoms. The second-order valence-corrected chi connectivity index (χ2v) is 5.38. The molecule has 0 aliphatic carbocycles. The molecule has 1 aromatic heterocycles. The van der Waals surface area contributed by atoms with Crippen molar-refractivity contribution in [1.82, 2.24) is 9.78 Å². The molecule has 1 aromatic carbocycles. The number of aryl methyl sites for hydroxylation is 1. The standard InChI is InChI=1S/C15H20ClN3O/c1-3-6-19-10-14(9-18-19)20-13-5-4-12(7-11(2)17)15(16)8-13/h4-5,8-11H,3,6-7,17H2,1-2H3. The minimum absolute atomic E-state index is 0.0894. The van der Waals surface area contributed by atoms with E-state index in [2.05, 4.69) is 12.0 Å². The molecule has 2 aromatic rings. The number of nitrogens with zero attached hydrogens (tertiary/aromatic N) is 2. The van der Waals surface area contributed by atoms with Gasteiger partial charge < -0.3 is 10.5 Å². The first-order valence-corrected chi connectivity index (χ1v) is 7.20. The summed E-state index contributed by atoms with van der Waals surface area (Å²) in [5.74, 6) is 1.42. The summed E-state index contributed by atoms with van der Waals surface area (Å²) in [5, 5.41) is 4.90. The molecule has 1 heterocycles. The summed E-state index contributed by atoms with van der Waals surface area (Å²) in [6.45, 7) is 4.96. The zero-order valence-corrected chi connectivity index (χ0v) is 12.6. The lowest BCUT2D eigenvalue weighted by Gasteiger charge is -2.09. The highest BCUT2D eigenvalue weighted by atomic mass is 35.5. The molecule has 1 atom stereocenters. The molecule has 0 bridgehead atoms. The normalized spacial score (nSPS) is 12.4. The van der Waals surface area contributed by atoms with Gasteiger partial charge in [0, 0.05) is 17.6 Å². The summed E-state index contributed by atoms with van der Waals surface area (Å²) in [6, 6.07) is 5.76. The van der Waals surface area contributed by atoms with E-state index >= 15 is 0 Å². The number of hydrogen-bond acceptors (Lipinski definition) is 3. The van der Waals surface area contributed by atoms with Crippen molar-refractivity contribution in [1.29, 1.82) is 0 Å². The Bertz CT molecular complexity index is 566. The van der Waals surface area contributed by atoms with Crippen molar-refractivity contribution in [2.24, 2.45) is 5.73 Å². The number of benzene rings is 1. The van der Waals surface area contributed by atoms with Gasteiger partial charge >= 0.3 is 0 Å². The Kier molecular flexibility index (Phi) is 5.04. The van der Waals surface area contributed by atoms with Gasteiger partial charge in [-0.05, 0) is 37.5 Å². The second-order valence-electron chi connectivity index (χ2n) is 4.98. The Hall–Kier alpha value is -1.52. The first kappa shape index (κ1) is 14.9. The summed E-state index contributed by atoms with van der Waals surface area (Å²) in [6.07, 6.45) is 5.39. The number of rotatable bonds is 6. The molecule has 0 spiro atoms. The Morgan fingerprint density at radius 1 is 1.40 bits per heavy atom. The highest BCUT2D eigenvalue weighted by Crippen LogP contribution is 2.27. The molecule has 2 rings (SSSR count). The van der Waals surface area contributed by atoms with Crippen molar-refractivity contribution in [3.05, 3.63) is 41.2 Å². The van der Waals surface area contributed by atoms with Gasteiger partial charge in [0.15, 0.2) is 5.75 Å². The Labute approximate surface area is 124 Å². The van der Waals surface area contributed by atoms with Crippen molar-refractivity contribution < 1.29 is 4.74 Å². The molecule has 0 saturated heterocycles. The van der Waals surface area contributed by atoms with Gasteiger partial charge in [0.05, 0.1) is 12.4 Å². The van der Waals surface area contributed by atoms with E-state index in [9.17, 15) is 0 Å². The maximum atomic E-state index is 6.24. The fourth-order valence-electron chi connectivity index (χ4n) is 1.99. The van der Waals surface area contributed by atoms with Crippen LogP contribution in [0.25, 0.3) is 0 Å². The summed E-state index contributed by atoms with van der Waals surface area (Å²) < 4.78 is 7.61. The highest BCUT2D eigenvalue weighted by Gasteiger charge is 2.07. The molecule has 0 aliphatic rings. The SMILES string of the molecule is CCCn1cc(Oc2ccc(CC(C)N)c(Cl)c2)cn1. The van der Waals surface area contributed by atoms with Gasteiger partial charge in [-0.2, -0.15) is 5.10 Å². The van der Waals surface area contributed by atoms with Crippen molar-refractivity contribution in [2.75, 3.05) is 0 Å². The predicted molar refractivity (Wildman–Crippen MR) is 81.4 cm³/mol. The van der Waals surface area contributed by atoms with Gasteiger partial charge in [0.2, 0.25) is 0 Å². The molecular formula is C15H20ClN3O. The number of hydrogen-bond donors (Lipinski definition) is 1. The molecule has 0 amide bonds. The number of halogens is 1. The van der Waals surface area contributed by atoms with E-state index in [1.54, 1.807) is 6.20 Å². The Balaban J connectivity index is 2.07. The first-order chi connectivity index (χ1) is 9.58. The van der Waals surface area contributed by atoms with Gasteiger partial charge in [0.25, 0.3) is 0 Å². The van der Waals surface area contributed by atoms with Crippen molar-refractivity contribution in [3.63, 3.8) is 0 Å². The molecular weight excluding hydrogens is 274 g/mol. The van der Waals surface area contributed by atoms with Gasteiger partial charge in [-0.3, -0.25) is 4.68 Å². The number of ether oxygens (including phenoxy) is 1. The van der Waals surface area contributed by atoms with E-state index in [1.807, 2.05) is 36.0 Å². The van der Waals surface area contributed by atoms with Crippen LogP contribution in [-0.4, -0.2) is 15.8 Å². The Morgan fingerprint density at radius 3 is 2.85 bits per heavy atom. The lowest BCUT2D eigenvalue weighted by atomic mass is 10.1. The monoisotopic (exact) mass is 293 g/mol. The van der Waals surface area contributed by atoms with Crippen LogP contribution >= 0.6 is 11.6 Å². The summed E-state index contributed by atoms with van der Waals surface area (Å²) in [7, 11) is 0. The summed E-state index contributed by atoms with van der Waals surface area (Å²) >= 11 is 6.24. The second kappa shape index (κ2) is 6.77. The molecule has 2 N–H and O–H groups in total. The van der Waals surface area contributed by atoms with Gasteiger partial charge in [-0.1, -0.05) is 24.6 Å². The predicted octanol–water partition coefficient (Wildman–Crippen LogP) is 3.63. The van der Waals surface area contributed by atoms with Crippen LogP contribution in [0.2, 0.25) is 5.02 Å². The van der Waals surface area contributed by atoms with E-state index in [0.29, 0.717) is 10.8 Å². The van der Waals surface area contributed by atoms with Crippen molar-refractivity contribution in [3.8, 4) is 11.5 Å². The van der Waals surface area contributed by atoms with E-state index in [4.69, 9.17) is 22.1 Å². The quantitative estimate of drug-likeness (QED) is 0.885. The average Bonchev–Trinajstić information content (AvgIpc) is 2.80. The Morgan fingerprint density at radius 2 is 2.20 bits per heavy atom. The van der Waals surface area contributed by atoms with Gasteiger partial charge in [-0.25, -0.2) is 0 Å². The third kappa shape index (κ3) is 3.99. The van der Waals surface area contributed by atoms with Crippen LogP contribution in [0.5, 0.6) is 11.5 Å². The zero-order chi connectivity index (χ0) is 14.5. The van der Waals surface area contributed by atoms with Crippen LogP contribution in [0, 0.1) is 0 Å². The molecule has 108 valence electrons. The molecule has 0 saturated carbocycles. The van der Waals surface area contributed by atoms with Crippen molar-refractivity contribution >= 4 is 11.6 Å². The lowest BCUT2D eigenvalue weighted by Crippen LogP contribution is -2.17. The maximum Gasteiger partial charge on any atom is 0.165 e. The van der Waals surface area contributed by atoms with Crippen LogP contribution in [0.1, 0.15) is 25.8 Å². The molecule has 4 nitrogen and oxygen atoms in total. The molecule has 5 heteroatoms. The minimum Gasteiger partial charge on any atom is -0.454 e. The summed E-state index contributed by atoms with van der Waals surface area (Å²) in [4.78, 5) is 0. The van der Waals surface area contributed by atoms with Crippen LogP contribution in [0.4, 0.5) is 0 Å². The highest BCUT2D eigenvalue weighted by molar-refractivity contribution is 6.31. The van der Waals surface area contributed by atoms with Crippen LogP contribution < -0.4 is 10.5 Å². The first-order valence-electron chi connectivity index (χ1n) is 6.82. The zero-order valence-electron chi connectivity index (χ0n) is 11.8.